The lowest BCUT2D eigenvalue weighted by Gasteiger charge is -2.23. The Balaban J connectivity index is 2.44. The SMILES string of the molecule is CC(C)CC(C(=O)NC(C(=O)O)C(C)C)n1nnc2ccccc2c1=O. The number of nitrogens with one attached hydrogen (secondary N) is 1. The fourth-order valence-corrected chi connectivity index (χ4v) is 2.73. The molecule has 8 nitrogen and oxygen atoms in total. The molecule has 26 heavy (non-hydrogen) atoms. The number of aliphatic carboxylic acids is 1. The van der Waals surface area contributed by atoms with Gasteiger partial charge in [0.15, 0.2) is 0 Å². The fraction of sp³-hybridized carbons (Fsp3) is 0.500. The van der Waals surface area contributed by atoms with E-state index >= 15 is 0 Å². The number of aromatic nitrogens is 3. The third kappa shape index (κ3) is 4.25. The van der Waals surface area contributed by atoms with Gasteiger partial charge in [-0.05, 0) is 30.4 Å². The second-order valence-corrected chi connectivity index (χ2v) is 7.07. The molecule has 2 N–H and O–H groups in total. The zero-order valence-electron chi connectivity index (χ0n) is 15.3. The highest BCUT2D eigenvalue weighted by Gasteiger charge is 2.30. The van der Waals surface area contributed by atoms with E-state index < -0.39 is 29.5 Å². The zero-order chi connectivity index (χ0) is 19.4. The molecule has 0 fully saturated rings. The number of hydrogen-bond donors (Lipinski definition) is 2. The Morgan fingerprint density at radius 3 is 2.42 bits per heavy atom. The maximum atomic E-state index is 12.8. The van der Waals surface area contributed by atoms with Crippen molar-refractivity contribution in [3.05, 3.63) is 34.6 Å². The number of hydrogen-bond acceptors (Lipinski definition) is 5. The van der Waals surface area contributed by atoms with Crippen molar-refractivity contribution < 1.29 is 14.7 Å². The summed E-state index contributed by atoms with van der Waals surface area (Å²) in [6.07, 6.45) is 0.337. The molecule has 140 valence electrons. The summed E-state index contributed by atoms with van der Waals surface area (Å²) in [6, 6.07) is 4.79. The summed E-state index contributed by atoms with van der Waals surface area (Å²) < 4.78 is 1.05. The average Bonchev–Trinajstić information content (AvgIpc) is 2.57. The molecule has 0 aliphatic carbocycles. The largest absolute Gasteiger partial charge is 0.480 e. The van der Waals surface area contributed by atoms with Crippen LogP contribution in [0.1, 0.15) is 40.2 Å². The van der Waals surface area contributed by atoms with Gasteiger partial charge in [0, 0.05) is 0 Å². The molecule has 2 atom stereocenters. The van der Waals surface area contributed by atoms with Crippen molar-refractivity contribution in [1.29, 1.82) is 0 Å². The molecule has 1 aromatic heterocycles. The molecule has 0 bridgehead atoms. The number of amides is 1. The Morgan fingerprint density at radius 1 is 1.19 bits per heavy atom. The van der Waals surface area contributed by atoms with E-state index in [1.807, 2.05) is 13.8 Å². The minimum Gasteiger partial charge on any atom is -0.480 e. The molecule has 0 spiro atoms. The number of benzene rings is 1. The molecule has 1 heterocycles. The highest BCUT2D eigenvalue weighted by Crippen LogP contribution is 2.17. The van der Waals surface area contributed by atoms with Crippen molar-refractivity contribution >= 4 is 22.8 Å². The standard InChI is InChI=1S/C18H24N4O4/c1-10(2)9-14(16(23)19-15(11(3)4)18(25)26)22-17(24)12-7-5-6-8-13(12)20-21-22/h5-8,10-11,14-15H,9H2,1-4H3,(H,19,23)(H,25,26). The Bertz CT molecular complexity index is 860. The molecule has 1 aromatic carbocycles. The van der Waals surface area contributed by atoms with Gasteiger partial charge in [-0.1, -0.05) is 45.0 Å². The Kier molecular flexibility index (Phi) is 6.07. The number of rotatable bonds is 7. The van der Waals surface area contributed by atoms with Crippen molar-refractivity contribution in [1.82, 2.24) is 20.3 Å². The summed E-state index contributed by atoms with van der Waals surface area (Å²) in [5, 5.41) is 20.1. The summed E-state index contributed by atoms with van der Waals surface area (Å²) in [6.45, 7) is 7.24. The minimum absolute atomic E-state index is 0.0910. The first kappa shape index (κ1) is 19.6. The van der Waals surface area contributed by atoms with Crippen LogP contribution in [0.15, 0.2) is 29.1 Å². The predicted octanol–water partition coefficient (Wildman–Crippen LogP) is 1.60. The maximum absolute atomic E-state index is 12.8. The van der Waals surface area contributed by atoms with Crippen LogP contribution in [-0.4, -0.2) is 38.0 Å². The van der Waals surface area contributed by atoms with Gasteiger partial charge >= 0.3 is 5.97 Å². The van der Waals surface area contributed by atoms with E-state index in [1.54, 1.807) is 38.1 Å². The van der Waals surface area contributed by atoms with Gasteiger partial charge in [0.25, 0.3) is 5.56 Å². The quantitative estimate of drug-likeness (QED) is 0.775. The first-order chi connectivity index (χ1) is 12.2. The fourth-order valence-electron chi connectivity index (χ4n) is 2.73. The molecule has 8 heteroatoms. The van der Waals surface area contributed by atoms with Crippen LogP contribution in [0.25, 0.3) is 10.9 Å². The molecule has 0 saturated carbocycles. The second-order valence-electron chi connectivity index (χ2n) is 7.07. The van der Waals surface area contributed by atoms with Gasteiger partial charge in [0.1, 0.15) is 17.6 Å². The molecular weight excluding hydrogens is 336 g/mol. The van der Waals surface area contributed by atoms with Gasteiger partial charge in [-0.2, -0.15) is 4.68 Å². The number of carboxylic acid groups (broad SMARTS) is 1. The Hall–Kier alpha value is -2.77. The van der Waals surface area contributed by atoms with Crippen LogP contribution >= 0.6 is 0 Å². The lowest BCUT2D eigenvalue weighted by Crippen LogP contribution is -2.48. The molecule has 2 aromatic rings. The highest BCUT2D eigenvalue weighted by atomic mass is 16.4. The van der Waals surface area contributed by atoms with E-state index in [9.17, 15) is 19.5 Å². The monoisotopic (exact) mass is 360 g/mol. The summed E-state index contributed by atoms with van der Waals surface area (Å²) in [5.74, 6) is -1.87. The van der Waals surface area contributed by atoms with Crippen LogP contribution in [0.5, 0.6) is 0 Å². The van der Waals surface area contributed by atoms with E-state index in [4.69, 9.17) is 0 Å². The third-order valence-electron chi connectivity index (χ3n) is 4.11. The Morgan fingerprint density at radius 2 is 1.85 bits per heavy atom. The van der Waals surface area contributed by atoms with E-state index in [-0.39, 0.29) is 11.8 Å². The zero-order valence-corrected chi connectivity index (χ0v) is 15.3. The number of carbonyl (C=O) groups is 2. The third-order valence-corrected chi connectivity index (χ3v) is 4.11. The van der Waals surface area contributed by atoms with Crippen LogP contribution in [0.3, 0.4) is 0 Å². The van der Waals surface area contributed by atoms with Crippen LogP contribution in [-0.2, 0) is 9.59 Å². The maximum Gasteiger partial charge on any atom is 0.326 e. The van der Waals surface area contributed by atoms with E-state index in [2.05, 4.69) is 15.6 Å². The van der Waals surface area contributed by atoms with Gasteiger partial charge in [0.2, 0.25) is 5.91 Å². The first-order valence-corrected chi connectivity index (χ1v) is 8.59. The predicted molar refractivity (Wildman–Crippen MR) is 96.7 cm³/mol. The number of nitrogens with zero attached hydrogens (tertiary/aromatic N) is 3. The van der Waals surface area contributed by atoms with Gasteiger partial charge in [-0.25, -0.2) is 4.79 Å². The molecule has 2 rings (SSSR count). The second kappa shape index (κ2) is 8.07. The van der Waals surface area contributed by atoms with Crippen LogP contribution in [0.2, 0.25) is 0 Å². The number of fused-ring (bicyclic) bond motifs is 1. The summed E-state index contributed by atoms with van der Waals surface area (Å²) in [4.78, 5) is 36.9. The lowest BCUT2D eigenvalue weighted by molar-refractivity contribution is -0.143. The Labute approximate surface area is 151 Å². The van der Waals surface area contributed by atoms with Gasteiger partial charge in [-0.15, -0.1) is 5.10 Å². The van der Waals surface area contributed by atoms with Crippen LogP contribution in [0, 0.1) is 11.8 Å². The normalized spacial score (nSPS) is 13.8. The summed E-state index contributed by atoms with van der Waals surface area (Å²) >= 11 is 0. The molecule has 1 amide bonds. The molecule has 0 aliphatic rings. The van der Waals surface area contributed by atoms with Crippen molar-refractivity contribution in [2.24, 2.45) is 11.8 Å². The van der Waals surface area contributed by atoms with Crippen molar-refractivity contribution in [2.45, 2.75) is 46.2 Å². The van der Waals surface area contributed by atoms with Crippen molar-refractivity contribution in [3.8, 4) is 0 Å². The molecule has 0 radical (unpaired) electrons. The van der Waals surface area contributed by atoms with E-state index in [0.717, 1.165) is 4.68 Å². The minimum atomic E-state index is -1.12. The molecule has 2 unspecified atom stereocenters. The smallest absolute Gasteiger partial charge is 0.326 e. The highest BCUT2D eigenvalue weighted by molar-refractivity contribution is 5.86. The van der Waals surface area contributed by atoms with Gasteiger partial charge < -0.3 is 10.4 Å². The molecule has 0 saturated heterocycles. The first-order valence-electron chi connectivity index (χ1n) is 8.59. The summed E-state index contributed by atoms with van der Waals surface area (Å²) in [7, 11) is 0. The van der Waals surface area contributed by atoms with Crippen LogP contribution in [0.4, 0.5) is 0 Å². The van der Waals surface area contributed by atoms with Crippen LogP contribution < -0.4 is 10.9 Å². The number of carbonyl (C=O) groups excluding carboxylic acids is 1. The molecule has 0 aliphatic heterocycles. The topological polar surface area (TPSA) is 114 Å². The van der Waals surface area contributed by atoms with Gasteiger partial charge in [0.05, 0.1) is 5.39 Å². The van der Waals surface area contributed by atoms with E-state index in [1.165, 1.54) is 0 Å². The molecular formula is C18H24N4O4. The van der Waals surface area contributed by atoms with Crippen molar-refractivity contribution in [3.63, 3.8) is 0 Å². The average molecular weight is 360 g/mol. The summed E-state index contributed by atoms with van der Waals surface area (Å²) in [5.41, 5.74) is 0.0240. The lowest BCUT2D eigenvalue weighted by atomic mass is 10.0. The van der Waals surface area contributed by atoms with E-state index in [0.29, 0.717) is 17.3 Å². The van der Waals surface area contributed by atoms with Crippen molar-refractivity contribution in [2.75, 3.05) is 0 Å². The van der Waals surface area contributed by atoms with Gasteiger partial charge in [-0.3, -0.25) is 9.59 Å². The number of carboxylic acids is 1.